The van der Waals surface area contributed by atoms with Crippen molar-refractivity contribution >= 4 is 23.2 Å². The van der Waals surface area contributed by atoms with Gasteiger partial charge in [-0.15, -0.1) is 0 Å². The summed E-state index contributed by atoms with van der Waals surface area (Å²) in [7, 11) is -1.67. The van der Waals surface area contributed by atoms with Crippen molar-refractivity contribution in [3.63, 3.8) is 0 Å². The van der Waals surface area contributed by atoms with E-state index in [0.29, 0.717) is 0 Å². The third kappa shape index (κ3) is 5.05. The fourth-order valence-electron chi connectivity index (χ4n) is 4.12. The van der Waals surface area contributed by atoms with Gasteiger partial charge < -0.3 is 12.4 Å². The van der Waals surface area contributed by atoms with Crippen molar-refractivity contribution in [1.82, 2.24) is 0 Å². The van der Waals surface area contributed by atoms with Crippen LogP contribution in [0.3, 0.4) is 0 Å². The van der Waals surface area contributed by atoms with Crippen molar-refractivity contribution in [2.24, 2.45) is 5.92 Å². The molecule has 0 saturated carbocycles. The molecule has 28 heavy (non-hydrogen) atoms. The van der Waals surface area contributed by atoms with Crippen molar-refractivity contribution < 1.29 is 12.4 Å². The van der Waals surface area contributed by atoms with Crippen molar-refractivity contribution in [2.45, 2.75) is 39.5 Å². The summed E-state index contributed by atoms with van der Waals surface area (Å²) in [5.41, 5.74) is 0. The monoisotopic (exact) mass is 410 g/mol. The third-order valence-corrected chi connectivity index (χ3v) is 10.3. The first kappa shape index (κ1) is 22.7. The first-order valence-corrected chi connectivity index (χ1v) is 12.3. The lowest BCUT2D eigenvalue weighted by Gasteiger charge is -2.31. The van der Waals surface area contributed by atoms with E-state index >= 15 is 0 Å². The largest absolute Gasteiger partial charge is 1.00 e. The Labute approximate surface area is 178 Å². The van der Waals surface area contributed by atoms with Gasteiger partial charge >= 0.3 is 0 Å². The quantitative estimate of drug-likeness (QED) is 0.475. The first-order valence-electron chi connectivity index (χ1n) is 10.4. The summed E-state index contributed by atoms with van der Waals surface area (Å²) < 4.78 is 0. The molecule has 0 bridgehead atoms. The highest BCUT2D eigenvalue weighted by Gasteiger charge is 2.46. The predicted octanol–water partition coefficient (Wildman–Crippen LogP) is 3.20. The molecule has 0 saturated heterocycles. The van der Waals surface area contributed by atoms with Gasteiger partial charge in [0, 0.05) is 0 Å². The number of hydrogen-bond donors (Lipinski definition) is 0. The predicted molar refractivity (Wildman–Crippen MR) is 123 cm³/mol. The van der Waals surface area contributed by atoms with E-state index < -0.39 is 7.26 Å². The Kier molecular flexibility index (Phi) is 9.23. The zero-order valence-corrected chi connectivity index (χ0v) is 18.7. The van der Waals surface area contributed by atoms with Crippen molar-refractivity contribution in [3.8, 4) is 0 Å². The molecule has 0 radical (unpaired) electrons. The Morgan fingerprint density at radius 2 is 1.04 bits per heavy atom. The Balaban J connectivity index is 0.00000280. The summed E-state index contributed by atoms with van der Waals surface area (Å²) in [5, 5.41) is 4.53. The molecule has 3 aromatic rings. The van der Waals surface area contributed by atoms with Crippen LogP contribution in [0.2, 0.25) is 0 Å². The second kappa shape index (κ2) is 11.4. The number of halogens is 1. The van der Waals surface area contributed by atoms with E-state index in [2.05, 4.69) is 105 Å². The molecule has 0 spiro atoms. The van der Waals surface area contributed by atoms with E-state index in [1.165, 1.54) is 47.8 Å². The van der Waals surface area contributed by atoms with Gasteiger partial charge in [-0.2, -0.15) is 0 Å². The molecule has 0 nitrogen and oxygen atoms in total. The van der Waals surface area contributed by atoms with Gasteiger partial charge in [-0.1, -0.05) is 81.3 Å². The maximum absolute atomic E-state index is 2.37. The van der Waals surface area contributed by atoms with Crippen molar-refractivity contribution in [3.05, 3.63) is 91.0 Å². The molecule has 0 N–H and O–H groups in total. The van der Waals surface area contributed by atoms with Crippen LogP contribution in [-0.4, -0.2) is 6.16 Å². The highest BCUT2D eigenvalue weighted by Crippen LogP contribution is 2.57. The van der Waals surface area contributed by atoms with Crippen LogP contribution >= 0.6 is 7.26 Å². The SMILES string of the molecule is CCCCC(CC)C[P+](c1ccccc1)(c1ccccc1)c1ccccc1.[Cl-]. The lowest BCUT2D eigenvalue weighted by Crippen LogP contribution is -3.00. The molecule has 0 aliphatic carbocycles. The fourth-order valence-corrected chi connectivity index (χ4v) is 8.90. The highest BCUT2D eigenvalue weighted by atomic mass is 35.5. The van der Waals surface area contributed by atoms with Gasteiger partial charge in [-0.25, -0.2) is 0 Å². The minimum Gasteiger partial charge on any atom is -1.00 e. The van der Waals surface area contributed by atoms with Crippen molar-refractivity contribution in [2.75, 3.05) is 6.16 Å². The Hall–Kier alpha value is -1.62. The number of rotatable bonds is 9. The maximum atomic E-state index is 2.37. The second-order valence-corrected chi connectivity index (χ2v) is 10.9. The molecule has 0 heterocycles. The van der Waals surface area contributed by atoms with Crippen LogP contribution in [-0.2, 0) is 0 Å². The Morgan fingerprint density at radius 3 is 1.36 bits per heavy atom. The van der Waals surface area contributed by atoms with Crippen LogP contribution in [0, 0.1) is 5.92 Å². The zero-order valence-electron chi connectivity index (χ0n) is 17.1. The Morgan fingerprint density at radius 1 is 0.643 bits per heavy atom. The molecule has 148 valence electrons. The fraction of sp³-hybridized carbons (Fsp3) is 0.308. The maximum Gasteiger partial charge on any atom is 0.112 e. The molecular weight excluding hydrogens is 379 g/mol. The van der Waals surface area contributed by atoms with Crippen LogP contribution in [0.15, 0.2) is 91.0 Å². The number of unbranched alkanes of at least 4 members (excludes halogenated alkanes) is 1. The van der Waals surface area contributed by atoms with Gasteiger partial charge in [0.05, 0.1) is 6.16 Å². The van der Waals surface area contributed by atoms with Gasteiger partial charge in [-0.05, 0) is 55.2 Å². The van der Waals surface area contributed by atoms with Crippen LogP contribution in [0.25, 0.3) is 0 Å². The first-order chi connectivity index (χ1) is 13.3. The van der Waals surface area contributed by atoms with Gasteiger partial charge in [0.25, 0.3) is 0 Å². The van der Waals surface area contributed by atoms with Crippen molar-refractivity contribution in [1.29, 1.82) is 0 Å². The smallest absolute Gasteiger partial charge is 0.112 e. The average Bonchev–Trinajstić information content (AvgIpc) is 2.76. The molecule has 0 aromatic heterocycles. The van der Waals surface area contributed by atoms with E-state index in [9.17, 15) is 0 Å². The summed E-state index contributed by atoms with van der Waals surface area (Å²) in [6.07, 6.45) is 6.47. The van der Waals surface area contributed by atoms with Gasteiger partial charge in [0.15, 0.2) is 0 Å². The molecule has 1 unspecified atom stereocenters. The van der Waals surface area contributed by atoms with Crippen LogP contribution in [0.1, 0.15) is 39.5 Å². The third-order valence-electron chi connectivity index (χ3n) is 5.67. The molecule has 2 heteroatoms. The molecule has 0 fully saturated rings. The van der Waals surface area contributed by atoms with Crippen LogP contribution < -0.4 is 28.3 Å². The lowest BCUT2D eigenvalue weighted by molar-refractivity contribution is -0.00000549. The van der Waals surface area contributed by atoms with E-state index in [0.717, 1.165) is 5.92 Å². The molecule has 3 aromatic carbocycles. The zero-order chi connectivity index (χ0) is 19.0. The number of benzene rings is 3. The van der Waals surface area contributed by atoms with Crippen LogP contribution in [0.5, 0.6) is 0 Å². The Bertz CT molecular complexity index is 690. The normalized spacial score (nSPS) is 12.2. The summed E-state index contributed by atoms with van der Waals surface area (Å²) in [5.74, 6) is 0.763. The molecule has 0 aliphatic rings. The molecule has 1 atom stereocenters. The van der Waals surface area contributed by atoms with Gasteiger partial charge in [-0.3, -0.25) is 0 Å². The molecule has 0 amide bonds. The van der Waals surface area contributed by atoms with E-state index in [1.807, 2.05) is 0 Å². The van der Waals surface area contributed by atoms with E-state index in [-0.39, 0.29) is 12.4 Å². The molecule has 3 rings (SSSR count). The van der Waals surface area contributed by atoms with E-state index in [1.54, 1.807) is 0 Å². The van der Waals surface area contributed by atoms with Gasteiger partial charge in [0.1, 0.15) is 23.2 Å². The summed E-state index contributed by atoms with van der Waals surface area (Å²) in [4.78, 5) is 0. The topological polar surface area (TPSA) is 0 Å². The molecule has 0 aliphatic heterocycles. The summed E-state index contributed by atoms with van der Waals surface area (Å²) in [6, 6.07) is 33.9. The lowest BCUT2D eigenvalue weighted by atomic mass is 10.0. The van der Waals surface area contributed by atoms with Crippen LogP contribution in [0.4, 0.5) is 0 Å². The molecular formula is C26H32ClP. The number of hydrogen-bond acceptors (Lipinski definition) is 0. The second-order valence-electron chi connectivity index (χ2n) is 7.42. The standard InChI is InChI=1S/C26H32P.ClH/c1-3-5-15-23(4-2)22-27(24-16-9-6-10-17-24,25-18-11-7-12-19-25)26-20-13-8-14-21-26;/h6-14,16-21,23H,3-5,15,22H2,1-2H3;1H/q+1;/p-1. The summed E-state index contributed by atoms with van der Waals surface area (Å²) in [6.45, 7) is 4.68. The van der Waals surface area contributed by atoms with Gasteiger partial charge in [0.2, 0.25) is 0 Å². The van der Waals surface area contributed by atoms with E-state index in [4.69, 9.17) is 0 Å². The highest BCUT2D eigenvalue weighted by molar-refractivity contribution is 7.95. The summed E-state index contributed by atoms with van der Waals surface area (Å²) >= 11 is 0. The minimum atomic E-state index is -1.67. The minimum absolute atomic E-state index is 0. The average molecular weight is 411 g/mol.